The summed E-state index contributed by atoms with van der Waals surface area (Å²) in [7, 11) is -1.68. The number of rotatable bonds is 7. The van der Waals surface area contributed by atoms with Crippen LogP contribution in [-0.2, 0) is 19.4 Å². The molecule has 0 heterocycles. The maximum Gasteiger partial charge on any atom is 0.239 e. The fraction of sp³-hybridized carbons (Fsp3) is 0.462. The number of methoxy groups -OCH3 is 1. The van der Waals surface area contributed by atoms with Gasteiger partial charge in [0.15, 0.2) is 9.84 Å². The molecule has 0 aromatic heterocycles. The van der Waals surface area contributed by atoms with Crippen LogP contribution in [-0.4, -0.2) is 46.9 Å². The van der Waals surface area contributed by atoms with Gasteiger partial charge < -0.3 is 15.4 Å². The predicted octanol–water partition coefficient (Wildman–Crippen LogP) is 0.653. The van der Waals surface area contributed by atoms with Crippen LogP contribution in [0.2, 0.25) is 0 Å². The molecule has 20 heavy (non-hydrogen) atoms. The monoisotopic (exact) mass is 300 g/mol. The zero-order valence-electron chi connectivity index (χ0n) is 11.8. The minimum Gasteiger partial charge on any atom is -0.383 e. The maximum absolute atomic E-state index is 11.6. The van der Waals surface area contributed by atoms with Crippen LogP contribution in [0.4, 0.5) is 5.69 Å². The Morgan fingerprint density at radius 1 is 1.40 bits per heavy atom. The number of carbonyl (C=O) groups is 1. The van der Waals surface area contributed by atoms with Crippen LogP contribution in [0.25, 0.3) is 0 Å². The van der Waals surface area contributed by atoms with Crippen molar-refractivity contribution in [2.45, 2.75) is 17.9 Å². The van der Waals surface area contributed by atoms with Gasteiger partial charge in [-0.15, -0.1) is 0 Å². The summed E-state index contributed by atoms with van der Waals surface area (Å²) in [4.78, 5) is 11.9. The number of carbonyl (C=O) groups excluding carboxylic acids is 1. The summed E-state index contributed by atoms with van der Waals surface area (Å²) in [6, 6.07) is 6.28. The van der Waals surface area contributed by atoms with Crippen molar-refractivity contribution in [2.75, 3.05) is 31.8 Å². The van der Waals surface area contributed by atoms with Crippen molar-refractivity contribution in [3.8, 4) is 0 Å². The Morgan fingerprint density at radius 3 is 2.70 bits per heavy atom. The average molecular weight is 300 g/mol. The first-order valence-electron chi connectivity index (χ1n) is 6.15. The average Bonchev–Trinajstić information content (AvgIpc) is 2.36. The van der Waals surface area contributed by atoms with E-state index < -0.39 is 9.84 Å². The molecule has 1 unspecified atom stereocenters. The van der Waals surface area contributed by atoms with Gasteiger partial charge in [-0.25, -0.2) is 8.42 Å². The molecule has 1 aromatic carbocycles. The van der Waals surface area contributed by atoms with Gasteiger partial charge in [0.25, 0.3) is 0 Å². The summed E-state index contributed by atoms with van der Waals surface area (Å²) in [5.74, 6) is -0.181. The molecule has 0 aliphatic rings. The van der Waals surface area contributed by atoms with Crippen molar-refractivity contribution in [1.29, 1.82) is 0 Å². The molecule has 0 aliphatic heterocycles. The van der Waals surface area contributed by atoms with Gasteiger partial charge in [-0.05, 0) is 25.1 Å². The summed E-state index contributed by atoms with van der Waals surface area (Å²) in [5.41, 5.74) is 0.586. The van der Waals surface area contributed by atoms with Gasteiger partial charge in [0, 0.05) is 25.1 Å². The van der Waals surface area contributed by atoms with Gasteiger partial charge in [0.1, 0.15) is 0 Å². The summed E-state index contributed by atoms with van der Waals surface area (Å²) in [6.07, 6.45) is 1.14. The van der Waals surface area contributed by atoms with Gasteiger partial charge >= 0.3 is 0 Å². The molecular formula is C13H20N2O4S. The van der Waals surface area contributed by atoms with E-state index in [0.29, 0.717) is 12.3 Å². The molecule has 7 heteroatoms. The third kappa shape index (κ3) is 5.58. The lowest BCUT2D eigenvalue weighted by molar-refractivity contribution is -0.120. The normalized spacial score (nSPS) is 12.8. The minimum atomic E-state index is -3.25. The van der Waals surface area contributed by atoms with E-state index >= 15 is 0 Å². The first-order chi connectivity index (χ1) is 9.32. The van der Waals surface area contributed by atoms with Gasteiger partial charge in [0.2, 0.25) is 5.91 Å². The van der Waals surface area contributed by atoms with Crippen molar-refractivity contribution >= 4 is 21.4 Å². The van der Waals surface area contributed by atoms with Crippen molar-refractivity contribution in [3.63, 3.8) is 0 Å². The molecule has 1 aromatic rings. The minimum absolute atomic E-state index is 0.0707. The third-order valence-electron chi connectivity index (χ3n) is 2.54. The van der Waals surface area contributed by atoms with E-state index in [1.807, 2.05) is 6.92 Å². The van der Waals surface area contributed by atoms with E-state index in [9.17, 15) is 13.2 Å². The number of ether oxygens (including phenoxy) is 1. The second-order valence-electron chi connectivity index (χ2n) is 4.58. The number of nitrogens with one attached hydrogen (secondary N) is 2. The zero-order chi connectivity index (χ0) is 15.2. The Kier molecular flexibility index (Phi) is 5.97. The molecule has 0 aliphatic carbocycles. The highest BCUT2D eigenvalue weighted by Gasteiger charge is 2.09. The SMILES string of the molecule is COCC(C)NC(=O)CNc1cccc(S(C)(=O)=O)c1. The molecule has 1 rings (SSSR count). The highest BCUT2D eigenvalue weighted by atomic mass is 32.2. The van der Waals surface area contributed by atoms with Crippen molar-refractivity contribution in [2.24, 2.45) is 0 Å². The highest BCUT2D eigenvalue weighted by Crippen LogP contribution is 2.14. The fourth-order valence-electron chi connectivity index (χ4n) is 1.64. The van der Waals surface area contributed by atoms with Crippen LogP contribution in [0.15, 0.2) is 29.2 Å². The zero-order valence-corrected chi connectivity index (χ0v) is 12.7. The molecule has 0 bridgehead atoms. The topological polar surface area (TPSA) is 84.5 Å². The molecular weight excluding hydrogens is 280 g/mol. The van der Waals surface area contributed by atoms with Crippen LogP contribution in [0.5, 0.6) is 0 Å². The van der Waals surface area contributed by atoms with Crippen LogP contribution in [0.1, 0.15) is 6.92 Å². The summed E-state index contributed by atoms with van der Waals surface area (Å²) >= 11 is 0. The molecule has 0 saturated carbocycles. The molecule has 0 spiro atoms. The smallest absolute Gasteiger partial charge is 0.239 e. The molecule has 6 nitrogen and oxygen atoms in total. The van der Waals surface area contributed by atoms with Gasteiger partial charge in [0.05, 0.1) is 18.0 Å². The Labute approximate surface area is 119 Å². The number of sulfone groups is 1. The Hall–Kier alpha value is -1.60. The molecule has 1 atom stereocenters. The number of benzene rings is 1. The van der Waals surface area contributed by atoms with Crippen LogP contribution in [0.3, 0.4) is 0 Å². The van der Waals surface area contributed by atoms with Gasteiger partial charge in [-0.3, -0.25) is 4.79 Å². The number of hydrogen-bond donors (Lipinski definition) is 2. The molecule has 112 valence electrons. The first kappa shape index (κ1) is 16.5. The van der Waals surface area contributed by atoms with E-state index in [4.69, 9.17) is 4.74 Å². The van der Waals surface area contributed by atoms with E-state index in [-0.39, 0.29) is 23.4 Å². The molecule has 2 N–H and O–H groups in total. The van der Waals surface area contributed by atoms with Crippen molar-refractivity contribution in [3.05, 3.63) is 24.3 Å². The van der Waals surface area contributed by atoms with E-state index in [1.54, 1.807) is 19.2 Å². The van der Waals surface area contributed by atoms with Gasteiger partial charge in [-0.2, -0.15) is 0 Å². The standard InChI is InChI=1S/C13H20N2O4S/c1-10(9-19-2)15-13(16)8-14-11-5-4-6-12(7-11)20(3,17)18/h4-7,10,14H,8-9H2,1-3H3,(H,15,16). The Morgan fingerprint density at radius 2 is 2.10 bits per heavy atom. The number of anilines is 1. The molecule has 0 fully saturated rings. The quantitative estimate of drug-likeness (QED) is 0.772. The second-order valence-corrected chi connectivity index (χ2v) is 6.59. The summed E-state index contributed by atoms with van der Waals surface area (Å²) in [5, 5.41) is 5.64. The number of amides is 1. The van der Waals surface area contributed by atoms with Crippen molar-refractivity contribution in [1.82, 2.24) is 5.32 Å². The fourth-order valence-corrected chi connectivity index (χ4v) is 2.30. The van der Waals surface area contributed by atoms with Gasteiger partial charge in [-0.1, -0.05) is 6.07 Å². The Bertz CT molecular complexity index is 557. The third-order valence-corrected chi connectivity index (χ3v) is 3.65. The Balaban J connectivity index is 2.56. The van der Waals surface area contributed by atoms with E-state index in [2.05, 4.69) is 10.6 Å². The lowest BCUT2D eigenvalue weighted by Crippen LogP contribution is -2.39. The highest BCUT2D eigenvalue weighted by molar-refractivity contribution is 7.90. The van der Waals surface area contributed by atoms with Crippen LogP contribution < -0.4 is 10.6 Å². The van der Waals surface area contributed by atoms with E-state index in [0.717, 1.165) is 6.26 Å². The number of hydrogen-bond acceptors (Lipinski definition) is 5. The van der Waals surface area contributed by atoms with Crippen LogP contribution in [0, 0.1) is 0 Å². The lowest BCUT2D eigenvalue weighted by atomic mass is 10.3. The second kappa shape index (κ2) is 7.25. The lowest BCUT2D eigenvalue weighted by Gasteiger charge is -2.13. The van der Waals surface area contributed by atoms with Crippen LogP contribution >= 0.6 is 0 Å². The maximum atomic E-state index is 11.6. The summed E-state index contributed by atoms with van der Waals surface area (Å²) < 4.78 is 27.8. The van der Waals surface area contributed by atoms with E-state index in [1.165, 1.54) is 12.1 Å². The molecule has 1 amide bonds. The molecule has 0 radical (unpaired) electrons. The van der Waals surface area contributed by atoms with Crippen molar-refractivity contribution < 1.29 is 17.9 Å². The predicted molar refractivity (Wildman–Crippen MR) is 77.5 cm³/mol. The first-order valence-corrected chi connectivity index (χ1v) is 8.04. The largest absolute Gasteiger partial charge is 0.383 e. The molecule has 0 saturated heterocycles. The summed E-state index contributed by atoms with van der Waals surface area (Å²) in [6.45, 7) is 2.35.